The number of hydrogen-bond acceptors (Lipinski definition) is 4. The number of rotatable bonds is 3. The molecule has 1 aromatic carbocycles. The number of anilines is 2. The van der Waals surface area contributed by atoms with Crippen LogP contribution in [0.3, 0.4) is 0 Å². The summed E-state index contributed by atoms with van der Waals surface area (Å²) in [5.74, 6) is 0.330. The topological polar surface area (TPSA) is 64.1 Å². The molecule has 84 valence electrons. The van der Waals surface area contributed by atoms with Crippen molar-refractivity contribution in [3.8, 4) is 0 Å². The van der Waals surface area contributed by atoms with Crippen molar-refractivity contribution in [2.24, 2.45) is 0 Å². The quantitative estimate of drug-likeness (QED) is 0.781. The normalized spacial score (nSPS) is 10.4. The average molecular weight is 221 g/mol. The molecular weight excluding hydrogens is 209 g/mol. The zero-order valence-corrected chi connectivity index (χ0v) is 8.83. The second-order valence-electron chi connectivity index (χ2n) is 3.56. The van der Waals surface area contributed by atoms with Crippen LogP contribution in [-0.2, 0) is 6.54 Å². The molecule has 0 radical (unpaired) electrons. The van der Waals surface area contributed by atoms with Gasteiger partial charge in [0.05, 0.1) is 12.2 Å². The first-order valence-electron chi connectivity index (χ1n) is 4.85. The fourth-order valence-corrected chi connectivity index (χ4v) is 1.40. The fourth-order valence-electron chi connectivity index (χ4n) is 1.40. The first-order chi connectivity index (χ1) is 7.63. The van der Waals surface area contributed by atoms with Crippen molar-refractivity contribution in [3.63, 3.8) is 0 Å². The van der Waals surface area contributed by atoms with E-state index in [4.69, 9.17) is 10.3 Å². The summed E-state index contributed by atoms with van der Waals surface area (Å²) in [6, 6.07) is 6.12. The van der Waals surface area contributed by atoms with E-state index in [0.717, 1.165) is 5.69 Å². The molecule has 0 aliphatic rings. The van der Waals surface area contributed by atoms with Crippen LogP contribution in [0.2, 0.25) is 0 Å². The molecule has 5 heteroatoms. The molecule has 0 atom stereocenters. The van der Waals surface area contributed by atoms with E-state index in [-0.39, 0.29) is 5.82 Å². The lowest BCUT2D eigenvalue weighted by Gasteiger charge is -2.04. The molecule has 0 fully saturated rings. The van der Waals surface area contributed by atoms with Crippen molar-refractivity contribution in [3.05, 3.63) is 41.5 Å². The third kappa shape index (κ3) is 2.50. The Hall–Kier alpha value is -2.04. The molecule has 1 aromatic heterocycles. The van der Waals surface area contributed by atoms with Crippen LogP contribution in [0.15, 0.2) is 28.8 Å². The first kappa shape index (κ1) is 10.5. The fraction of sp³-hybridized carbons (Fsp3) is 0.182. The third-order valence-corrected chi connectivity index (χ3v) is 2.06. The van der Waals surface area contributed by atoms with Crippen molar-refractivity contribution in [1.29, 1.82) is 0 Å². The van der Waals surface area contributed by atoms with Gasteiger partial charge in [-0.05, 0) is 25.1 Å². The Balaban J connectivity index is 2.04. The zero-order valence-electron chi connectivity index (χ0n) is 8.83. The summed E-state index contributed by atoms with van der Waals surface area (Å²) in [6.07, 6.45) is 0. The van der Waals surface area contributed by atoms with Crippen molar-refractivity contribution in [2.45, 2.75) is 13.5 Å². The Morgan fingerprint density at radius 2 is 2.19 bits per heavy atom. The maximum absolute atomic E-state index is 13.0. The lowest BCUT2D eigenvalue weighted by Crippen LogP contribution is -1.99. The molecule has 2 aromatic rings. The van der Waals surface area contributed by atoms with Crippen LogP contribution in [0.25, 0.3) is 0 Å². The summed E-state index contributed by atoms with van der Waals surface area (Å²) in [7, 11) is 0. The summed E-state index contributed by atoms with van der Waals surface area (Å²) in [6.45, 7) is 2.29. The van der Waals surface area contributed by atoms with Gasteiger partial charge in [-0.3, -0.25) is 0 Å². The van der Waals surface area contributed by atoms with Gasteiger partial charge in [0.2, 0.25) is 0 Å². The molecule has 2 rings (SSSR count). The van der Waals surface area contributed by atoms with E-state index in [9.17, 15) is 4.39 Å². The minimum atomic E-state index is -0.365. The molecule has 0 unspecified atom stereocenters. The van der Waals surface area contributed by atoms with E-state index in [1.807, 2.05) is 13.0 Å². The number of nitrogens with one attached hydrogen (secondary N) is 1. The van der Waals surface area contributed by atoms with Gasteiger partial charge in [-0.15, -0.1) is 0 Å². The molecule has 0 bridgehead atoms. The van der Waals surface area contributed by atoms with Gasteiger partial charge < -0.3 is 15.6 Å². The molecule has 0 aliphatic carbocycles. The number of nitrogens with zero attached hydrogens (tertiary/aromatic N) is 1. The molecule has 0 spiro atoms. The van der Waals surface area contributed by atoms with E-state index in [2.05, 4.69) is 10.5 Å². The van der Waals surface area contributed by atoms with Gasteiger partial charge in [0.1, 0.15) is 5.82 Å². The number of nitrogens with two attached hydrogens (primary N) is 1. The van der Waals surface area contributed by atoms with Gasteiger partial charge in [-0.25, -0.2) is 4.39 Å². The minimum Gasteiger partial charge on any atom is -0.399 e. The molecular formula is C11H12FN3O. The lowest BCUT2D eigenvalue weighted by molar-refractivity contribution is 0.384. The Morgan fingerprint density at radius 3 is 2.81 bits per heavy atom. The Bertz CT molecular complexity index is 475. The van der Waals surface area contributed by atoms with Gasteiger partial charge in [0.25, 0.3) is 0 Å². The van der Waals surface area contributed by atoms with E-state index in [1.165, 1.54) is 12.1 Å². The Labute approximate surface area is 92.2 Å². The lowest BCUT2D eigenvalue weighted by atomic mass is 10.2. The van der Waals surface area contributed by atoms with Crippen LogP contribution < -0.4 is 11.1 Å². The van der Waals surface area contributed by atoms with Crippen LogP contribution in [0.1, 0.15) is 11.5 Å². The molecule has 0 saturated heterocycles. The van der Waals surface area contributed by atoms with E-state index in [0.29, 0.717) is 23.7 Å². The molecule has 4 nitrogen and oxygen atoms in total. The molecule has 16 heavy (non-hydrogen) atoms. The number of halogens is 1. The van der Waals surface area contributed by atoms with Crippen LogP contribution in [0, 0.1) is 12.7 Å². The maximum Gasteiger partial charge on any atom is 0.156 e. The summed E-state index contributed by atoms with van der Waals surface area (Å²) in [5.41, 5.74) is 7.33. The summed E-state index contributed by atoms with van der Waals surface area (Å²) in [5, 5.41) is 6.75. The number of aromatic nitrogens is 1. The van der Waals surface area contributed by atoms with E-state index < -0.39 is 0 Å². The summed E-state index contributed by atoms with van der Waals surface area (Å²) in [4.78, 5) is 0. The van der Waals surface area contributed by atoms with Crippen LogP contribution >= 0.6 is 0 Å². The standard InChI is InChI=1S/C11H12FN3O/c1-7-2-11(16-15-7)6-14-10-4-8(12)3-9(13)5-10/h2-5,14H,6,13H2,1H3. The maximum atomic E-state index is 13.0. The molecule has 0 amide bonds. The van der Waals surface area contributed by atoms with Crippen molar-refractivity contribution in [2.75, 3.05) is 11.1 Å². The number of nitrogen functional groups attached to an aromatic ring is 1. The summed E-state index contributed by atoms with van der Waals surface area (Å²) >= 11 is 0. The largest absolute Gasteiger partial charge is 0.399 e. The highest BCUT2D eigenvalue weighted by molar-refractivity contribution is 5.54. The highest BCUT2D eigenvalue weighted by Gasteiger charge is 2.02. The third-order valence-electron chi connectivity index (χ3n) is 2.06. The monoisotopic (exact) mass is 221 g/mol. The van der Waals surface area contributed by atoms with Crippen molar-refractivity contribution >= 4 is 11.4 Å². The van der Waals surface area contributed by atoms with Crippen LogP contribution in [-0.4, -0.2) is 5.16 Å². The highest BCUT2D eigenvalue weighted by Crippen LogP contribution is 2.16. The summed E-state index contributed by atoms with van der Waals surface area (Å²) < 4.78 is 18.0. The highest BCUT2D eigenvalue weighted by atomic mass is 19.1. The second kappa shape index (κ2) is 4.22. The average Bonchev–Trinajstić information content (AvgIpc) is 2.60. The number of aryl methyl sites for hydroxylation is 1. The van der Waals surface area contributed by atoms with E-state index >= 15 is 0 Å². The zero-order chi connectivity index (χ0) is 11.5. The molecule has 0 saturated carbocycles. The Kier molecular flexibility index (Phi) is 2.76. The number of hydrogen-bond donors (Lipinski definition) is 2. The van der Waals surface area contributed by atoms with Crippen LogP contribution in [0.5, 0.6) is 0 Å². The predicted molar refractivity (Wildman–Crippen MR) is 59.4 cm³/mol. The van der Waals surface area contributed by atoms with Crippen molar-refractivity contribution < 1.29 is 8.91 Å². The van der Waals surface area contributed by atoms with Gasteiger partial charge in [0.15, 0.2) is 5.76 Å². The van der Waals surface area contributed by atoms with Crippen LogP contribution in [0.4, 0.5) is 15.8 Å². The minimum absolute atomic E-state index is 0.365. The molecule has 0 aliphatic heterocycles. The smallest absolute Gasteiger partial charge is 0.156 e. The van der Waals surface area contributed by atoms with Gasteiger partial charge >= 0.3 is 0 Å². The van der Waals surface area contributed by atoms with Gasteiger partial charge in [-0.2, -0.15) is 0 Å². The van der Waals surface area contributed by atoms with Gasteiger partial charge in [-0.1, -0.05) is 5.16 Å². The molecule has 1 heterocycles. The van der Waals surface area contributed by atoms with Crippen molar-refractivity contribution in [1.82, 2.24) is 5.16 Å². The first-order valence-corrected chi connectivity index (χ1v) is 4.85. The van der Waals surface area contributed by atoms with Gasteiger partial charge in [0, 0.05) is 17.4 Å². The second-order valence-corrected chi connectivity index (χ2v) is 3.56. The number of benzene rings is 1. The Morgan fingerprint density at radius 1 is 1.38 bits per heavy atom. The SMILES string of the molecule is Cc1cc(CNc2cc(N)cc(F)c2)on1. The van der Waals surface area contributed by atoms with E-state index in [1.54, 1.807) is 6.07 Å². The molecule has 3 N–H and O–H groups in total. The predicted octanol–water partition coefficient (Wildman–Crippen LogP) is 2.32.